The van der Waals surface area contributed by atoms with Crippen molar-refractivity contribution in [1.82, 2.24) is 10.2 Å². The van der Waals surface area contributed by atoms with Crippen molar-refractivity contribution in [2.45, 2.75) is 45.4 Å². The minimum absolute atomic E-state index is 0.417. The van der Waals surface area contributed by atoms with Crippen LogP contribution in [0.4, 0.5) is 0 Å². The van der Waals surface area contributed by atoms with E-state index in [4.69, 9.17) is 0 Å². The van der Waals surface area contributed by atoms with Gasteiger partial charge < -0.3 is 10.4 Å². The summed E-state index contributed by atoms with van der Waals surface area (Å²) < 4.78 is 0. The number of hydrogen-bond acceptors (Lipinski definition) is 4. The van der Waals surface area contributed by atoms with E-state index < -0.39 is 5.60 Å². The van der Waals surface area contributed by atoms with E-state index in [9.17, 15) is 5.11 Å². The summed E-state index contributed by atoms with van der Waals surface area (Å²) in [6.45, 7) is 9.62. The average Bonchev–Trinajstić information content (AvgIpc) is 2.14. The van der Waals surface area contributed by atoms with Crippen LogP contribution >= 0.6 is 11.8 Å². The number of thioether (sulfide) groups is 1. The standard InChI is InChI=1S/C12H28N2OS/c1-10(2)13-8-12(4,15)9-14(5)11(3)7-16-6/h10-11,13,15H,7-9H2,1-6H3. The van der Waals surface area contributed by atoms with Crippen LogP contribution in [0.25, 0.3) is 0 Å². The average molecular weight is 248 g/mol. The van der Waals surface area contributed by atoms with Crippen molar-refractivity contribution in [3.63, 3.8) is 0 Å². The minimum atomic E-state index is -0.661. The Hall–Kier alpha value is 0.230. The monoisotopic (exact) mass is 248 g/mol. The molecule has 0 saturated carbocycles. The largest absolute Gasteiger partial charge is 0.388 e. The molecule has 2 N–H and O–H groups in total. The summed E-state index contributed by atoms with van der Waals surface area (Å²) in [6.07, 6.45) is 2.11. The summed E-state index contributed by atoms with van der Waals surface area (Å²) in [5.74, 6) is 1.10. The Balaban J connectivity index is 4.03. The third-order valence-corrected chi connectivity index (χ3v) is 3.46. The Kier molecular flexibility index (Phi) is 7.64. The number of nitrogens with zero attached hydrogens (tertiary/aromatic N) is 1. The zero-order valence-electron chi connectivity index (χ0n) is 11.6. The van der Waals surface area contributed by atoms with Crippen LogP contribution in [0.3, 0.4) is 0 Å². The highest BCUT2D eigenvalue weighted by Crippen LogP contribution is 2.10. The second-order valence-corrected chi connectivity index (χ2v) is 6.16. The lowest BCUT2D eigenvalue weighted by molar-refractivity contribution is 0.0188. The van der Waals surface area contributed by atoms with Gasteiger partial charge >= 0.3 is 0 Å². The Labute approximate surface area is 105 Å². The van der Waals surface area contributed by atoms with Crippen molar-refractivity contribution in [2.24, 2.45) is 0 Å². The van der Waals surface area contributed by atoms with Gasteiger partial charge in [0, 0.05) is 30.9 Å². The molecular formula is C12H28N2OS. The highest BCUT2D eigenvalue weighted by atomic mass is 32.2. The Morgan fingerprint density at radius 1 is 1.38 bits per heavy atom. The van der Waals surface area contributed by atoms with Crippen LogP contribution in [-0.4, -0.2) is 59.8 Å². The molecule has 0 rings (SSSR count). The van der Waals surface area contributed by atoms with Gasteiger partial charge in [0.1, 0.15) is 0 Å². The van der Waals surface area contributed by atoms with E-state index in [0.29, 0.717) is 25.2 Å². The van der Waals surface area contributed by atoms with E-state index in [-0.39, 0.29) is 0 Å². The van der Waals surface area contributed by atoms with Gasteiger partial charge in [-0.05, 0) is 27.2 Å². The van der Waals surface area contributed by atoms with E-state index in [0.717, 1.165) is 5.75 Å². The van der Waals surface area contributed by atoms with Crippen molar-refractivity contribution >= 4 is 11.8 Å². The highest BCUT2D eigenvalue weighted by Gasteiger charge is 2.24. The fourth-order valence-electron chi connectivity index (χ4n) is 1.54. The van der Waals surface area contributed by atoms with Gasteiger partial charge in [-0.25, -0.2) is 0 Å². The summed E-state index contributed by atoms with van der Waals surface area (Å²) in [4.78, 5) is 2.22. The van der Waals surface area contributed by atoms with Gasteiger partial charge in [-0.15, -0.1) is 0 Å². The zero-order valence-corrected chi connectivity index (χ0v) is 12.4. The number of hydrogen-bond donors (Lipinski definition) is 2. The molecule has 0 spiro atoms. The molecule has 0 aliphatic rings. The lowest BCUT2D eigenvalue weighted by Gasteiger charge is -2.33. The lowest BCUT2D eigenvalue weighted by atomic mass is 10.1. The maximum absolute atomic E-state index is 10.2. The number of aliphatic hydroxyl groups is 1. The predicted octanol–water partition coefficient (Wildman–Crippen LogP) is 1.42. The van der Waals surface area contributed by atoms with Crippen LogP contribution in [-0.2, 0) is 0 Å². The first-order valence-corrected chi connectivity index (χ1v) is 7.33. The molecule has 3 nitrogen and oxygen atoms in total. The van der Waals surface area contributed by atoms with Gasteiger partial charge in [0.2, 0.25) is 0 Å². The highest BCUT2D eigenvalue weighted by molar-refractivity contribution is 7.98. The summed E-state index contributed by atoms with van der Waals surface area (Å²) in [7, 11) is 2.07. The Morgan fingerprint density at radius 3 is 2.38 bits per heavy atom. The lowest BCUT2D eigenvalue weighted by Crippen LogP contribution is -2.50. The van der Waals surface area contributed by atoms with Crippen LogP contribution in [0.15, 0.2) is 0 Å². The van der Waals surface area contributed by atoms with Gasteiger partial charge in [0.25, 0.3) is 0 Å². The molecule has 0 fully saturated rings. The minimum Gasteiger partial charge on any atom is -0.388 e. The van der Waals surface area contributed by atoms with Crippen LogP contribution in [0.2, 0.25) is 0 Å². The normalized spacial score (nSPS) is 17.8. The Morgan fingerprint density at radius 2 is 1.94 bits per heavy atom. The second-order valence-electron chi connectivity index (χ2n) is 5.25. The molecular weight excluding hydrogens is 220 g/mol. The van der Waals surface area contributed by atoms with Gasteiger partial charge in [-0.1, -0.05) is 13.8 Å². The summed E-state index contributed by atoms with van der Waals surface area (Å²) in [5, 5.41) is 13.5. The quantitative estimate of drug-likeness (QED) is 0.681. The van der Waals surface area contributed by atoms with Gasteiger partial charge in [-0.3, -0.25) is 4.90 Å². The van der Waals surface area contributed by atoms with Crippen LogP contribution < -0.4 is 5.32 Å². The van der Waals surface area contributed by atoms with E-state index >= 15 is 0 Å². The SMILES string of the molecule is CSCC(C)N(C)CC(C)(O)CNC(C)C. The van der Waals surface area contributed by atoms with E-state index in [2.05, 4.69) is 44.3 Å². The molecule has 0 amide bonds. The van der Waals surface area contributed by atoms with Gasteiger partial charge in [-0.2, -0.15) is 11.8 Å². The third kappa shape index (κ3) is 7.49. The van der Waals surface area contributed by atoms with E-state index in [1.807, 2.05) is 18.7 Å². The zero-order chi connectivity index (χ0) is 12.8. The maximum Gasteiger partial charge on any atom is 0.0869 e. The maximum atomic E-state index is 10.2. The number of likely N-dealkylation sites (N-methyl/N-ethyl adjacent to an activating group) is 1. The first kappa shape index (κ1) is 16.2. The molecule has 0 aromatic rings. The van der Waals surface area contributed by atoms with Crippen LogP contribution in [0.5, 0.6) is 0 Å². The third-order valence-electron chi connectivity index (χ3n) is 2.64. The molecule has 0 heterocycles. The first-order chi connectivity index (χ1) is 7.28. The van der Waals surface area contributed by atoms with Crippen molar-refractivity contribution in [3.8, 4) is 0 Å². The predicted molar refractivity (Wildman–Crippen MR) is 74.2 cm³/mol. The number of rotatable bonds is 8. The second kappa shape index (κ2) is 7.54. The van der Waals surface area contributed by atoms with Crippen LogP contribution in [0.1, 0.15) is 27.7 Å². The van der Waals surface area contributed by atoms with E-state index in [1.54, 1.807) is 0 Å². The van der Waals surface area contributed by atoms with Crippen molar-refractivity contribution in [2.75, 3.05) is 32.1 Å². The fourth-order valence-corrected chi connectivity index (χ4v) is 2.28. The molecule has 0 aliphatic carbocycles. The van der Waals surface area contributed by atoms with Crippen molar-refractivity contribution < 1.29 is 5.11 Å². The summed E-state index contributed by atoms with van der Waals surface area (Å²) in [5.41, 5.74) is -0.661. The summed E-state index contributed by atoms with van der Waals surface area (Å²) >= 11 is 1.84. The fraction of sp³-hybridized carbons (Fsp3) is 1.00. The molecule has 16 heavy (non-hydrogen) atoms. The molecule has 4 heteroatoms. The molecule has 98 valence electrons. The molecule has 0 aliphatic heterocycles. The first-order valence-electron chi connectivity index (χ1n) is 5.93. The van der Waals surface area contributed by atoms with Gasteiger partial charge in [0.15, 0.2) is 0 Å². The topological polar surface area (TPSA) is 35.5 Å². The van der Waals surface area contributed by atoms with Crippen molar-refractivity contribution in [1.29, 1.82) is 0 Å². The molecule has 0 saturated heterocycles. The van der Waals surface area contributed by atoms with E-state index in [1.165, 1.54) is 0 Å². The summed E-state index contributed by atoms with van der Waals surface area (Å²) in [6, 6.07) is 0.918. The molecule has 0 aromatic heterocycles. The number of nitrogens with one attached hydrogen (secondary N) is 1. The molecule has 0 aromatic carbocycles. The Bertz CT molecular complexity index is 186. The molecule has 2 atom stereocenters. The van der Waals surface area contributed by atoms with Crippen LogP contribution in [0, 0.1) is 0 Å². The molecule has 2 unspecified atom stereocenters. The molecule has 0 bridgehead atoms. The van der Waals surface area contributed by atoms with Crippen molar-refractivity contribution in [3.05, 3.63) is 0 Å². The smallest absolute Gasteiger partial charge is 0.0869 e. The van der Waals surface area contributed by atoms with Gasteiger partial charge in [0.05, 0.1) is 5.60 Å². The molecule has 0 radical (unpaired) electrons.